The number of sulfone groups is 1. The predicted octanol–water partition coefficient (Wildman–Crippen LogP) is 2.30. The maximum Gasteiger partial charge on any atom is 0.257 e. The van der Waals surface area contributed by atoms with Crippen LogP contribution in [0.25, 0.3) is 11.4 Å². The van der Waals surface area contributed by atoms with E-state index in [2.05, 4.69) is 15.2 Å². The molecule has 29 heavy (non-hydrogen) atoms. The third-order valence-electron chi connectivity index (χ3n) is 4.74. The summed E-state index contributed by atoms with van der Waals surface area (Å²) in [5, 5.41) is 6.84. The first-order valence-corrected chi connectivity index (χ1v) is 11.0. The fourth-order valence-corrected chi connectivity index (χ4v) is 3.67. The summed E-state index contributed by atoms with van der Waals surface area (Å²) in [5.41, 5.74) is 2.42. The van der Waals surface area contributed by atoms with E-state index in [-0.39, 0.29) is 17.4 Å². The van der Waals surface area contributed by atoms with Crippen LogP contribution in [-0.2, 0) is 16.4 Å². The Kier molecular flexibility index (Phi) is 5.06. The summed E-state index contributed by atoms with van der Waals surface area (Å²) in [6.45, 7) is 1.75. The van der Waals surface area contributed by atoms with Crippen LogP contribution in [0.1, 0.15) is 22.3 Å². The molecule has 0 spiro atoms. The summed E-state index contributed by atoms with van der Waals surface area (Å²) < 4.78 is 29.0. The highest BCUT2D eigenvalue weighted by Crippen LogP contribution is 2.24. The number of hydrogen-bond donors (Lipinski definition) is 1. The number of hydrogen-bond acceptors (Lipinski definition) is 6. The van der Waals surface area contributed by atoms with Gasteiger partial charge in [0.25, 0.3) is 5.91 Å². The van der Waals surface area contributed by atoms with Gasteiger partial charge in [-0.25, -0.2) is 8.42 Å². The minimum Gasteiger partial charge on any atom is -0.487 e. The molecule has 0 unspecified atom stereocenters. The topological polar surface area (TPSA) is 105 Å². The van der Waals surface area contributed by atoms with Crippen molar-refractivity contribution >= 4 is 15.7 Å². The van der Waals surface area contributed by atoms with Crippen LogP contribution in [0.4, 0.5) is 0 Å². The highest BCUT2D eigenvalue weighted by Gasteiger charge is 2.25. The van der Waals surface area contributed by atoms with Gasteiger partial charge in [0.15, 0.2) is 9.84 Å². The van der Waals surface area contributed by atoms with Gasteiger partial charge in [0.05, 0.1) is 34.2 Å². The Labute approximate surface area is 168 Å². The van der Waals surface area contributed by atoms with Gasteiger partial charge in [0.1, 0.15) is 12.4 Å². The summed E-state index contributed by atoms with van der Waals surface area (Å²) in [5.74, 6) is 0.488. The molecule has 1 aliphatic rings. The van der Waals surface area contributed by atoms with E-state index in [1.165, 1.54) is 12.5 Å². The molecule has 0 aliphatic carbocycles. The molecule has 0 saturated carbocycles. The second-order valence-electron chi connectivity index (χ2n) is 6.89. The number of H-pyrrole nitrogens is 1. The summed E-state index contributed by atoms with van der Waals surface area (Å²) in [4.78, 5) is 18.9. The van der Waals surface area contributed by atoms with Gasteiger partial charge in [-0.3, -0.25) is 14.9 Å². The molecule has 4 rings (SSSR count). The van der Waals surface area contributed by atoms with Crippen LogP contribution < -0.4 is 4.74 Å². The number of amides is 1. The van der Waals surface area contributed by atoms with Crippen LogP contribution in [0, 0.1) is 0 Å². The number of pyridine rings is 1. The number of benzene rings is 1. The smallest absolute Gasteiger partial charge is 0.257 e. The van der Waals surface area contributed by atoms with E-state index in [1.54, 1.807) is 47.5 Å². The molecule has 1 fully saturated rings. The third kappa shape index (κ3) is 4.14. The Morgan fingerprint density at radius 1 is 1.21 bits per heavy atom. The predicted molar refractivity (Wildman–Crippen MR) is 106 cm³/mol. The number of likely N-dealkylation sites (tertiary alicyclic amines) is 1. The zero-order valence-electron chi connectivity index (χ0n) is 15.8. The van der Waals surface area contributed by atoms with Gasteiger partial charge in [-0.05, 0) is 36.2 Å². The van der Waals surface area contributed by atoms with Gasteiger partial charge in [0.2, 0.25) is 0 Å². The van der Waals surface area contributed by atoms with Crippen molar-refractivity contribution in [2.75, 3.05) is 19.3 Å². The Bertz CT molecular complexity index is 1140. The van der Waals surface area contributed by atoms with Gasteiger partial charge >= 0.3 is 0 Å². The zero-order chi connectivity index (χ0) is 20.4. The van der Waals surface area contributed by atoms with Gasteiger partial charge < -0.3 is 9.64 Å². The molecule has 1 aromatic carbocycles. The van der Waals surface area contributed by atoms with Crippen LogP contribution in [0.3, 0.4) is 0 Å². The second kappa shape index (κ2) is 7.67. The fraction of sp³-hybridized carbons (Fsp3) is 0.250. The van der Waals surface area contributed by atoms with Crippen molar-refractivity contribution in [2.45, 2.75) is 17.9 Å². The van der Waals surface area contributed by atoms with Crippen LogP contribution in [0.5, 0.6) is 5.75 Å². The first-order valence-electron chi connectivity index (χ1n) is 9.13. The zero-order valence-corrected chi connectivity index (χ0v) is 16.6. The highest BCUT2D eigenvalue weighted by atomic mass is 32.2. The number of nitrogens with one attached hydrogen (secondary N) is 1. The number of nitrogens with zero attached hydrogens (tertiary/aromatic N) is 3. The maximum absolute atomic E-state index is 12.5. The van der Waals surface area contributed by atoms with Gasteiger partial charge in [-0.2, -0.15) is 5.10 Å². The van der Waals surface area contributed by atoms with Gasteiger partial charge in [-0.1, -0.05) is 12.1 Å². The van der Waals surface area contributed by atoms with E-state index in [4.69, 9.17) is 4.74 Å². The number of carbonyl (C=O) groups excluding carboxylic acids is 1. The minimum absolute atomic E-state index is 0.0483. The molecule has 150 valence electrons. The molecule has 8 nitrogen and oxygen atoms in total. The van der Waals surface area contributed by atoms with E-state index in [1.807, 2.05) is 0 Å². The molecule has 1 N–H and O–H groups in total. The maximum atomic E-state index is 12.5. The molecular formula is C20H20N4O4S. The molecule has 3 aromatic rings. The molecule has 0 radical (unpaired) electrons. The van der Waals surface area contributed by atoms with Crippen molar-refractivity contribution in [2.24, 2.45) is 0 Å². The molecule has 3 heterocycles. The fourth-order valence-electron chi connectivity index (χ4n) is 2.98. The molecule has 1 aliphatic heterocycles. The van der Waals surface area contributed by atoms with Crippen molar-refractivity contribution in [1.82, 2.24) is 20.1 Å². The largest absolute Gasteiger partial charge is 0.487 e. The van der Waals surface area contributed by atoms with Gasteiger partial charge in [0, 0.05) is 19.3 Å². The van der Waals surface area contributed by atoms with Crippen molar-refractivity contribution in [3.05, 3.63) is 59.9 Å². The monoisotopic (exact) mass is 412 g/mol. The first kappa shape index (κ1) is 19.1. The molecule has 0 atom stereocenters. The van der Waals surface area contributed by atoms with Crippen molar-refractivity contribution in [3.8, 4) is 17.1 Å². The van der Waals surface area contributed by atoms with Gasteiger partial charge in [-0.15, -0.1) is 0 Å². The van der Waals surface area contributed by atoms with E-state index in [0.29, 0.717) is 22.7 Å². The van der Waals surface area contributed by atoms with E-state index >= 15 is 0 Å². The molecule has 9 heteroatoms. The number of aromatic nitrogens is 3. The average molecular weight is 412 g/mol. The van der Waals surface area contributed by atoms with Crippen LogP contribution in [-0.4, -0.2) is 53.8 Å². The van der Waals surface area contributed by atoms with Crippen LogP contribution >= 0.6 is 0 Å². The quantitative estimate of drug-likeness (QED) is 0.666. The van der Waals surface area contributed by atoms with Crippen molar-refractivity contribution < 1.29 is 17.9 Å². The molecular weight excluding hydrogens is 392 g/mol. The third-order valence-corrected chi connectivity index (χ3v) is 5.85. The Morgan fingerprint density at radius 2 is 2.03 bits per heavy atom. The SMILES string of the molecule is CS(=O)(=O)c1cccc(COc2ccc(-c3[nH]ncc3C(=O)N3CCC3)nc2)c1. The first-order chi connectivity index (χ1) is 13.9. The second-order valence-corrected chi connectivity index (χ2v) is 8.91. The van der Waals surface area contributed by atoms with Crippen molar-refractivity contribution in [3.63, 3.8) is 0 Å². The number of ether oxygens (including phenoxy) is 1. The van der Waals surface area contributed by atoms with E-state index in [0.717, 1.165) is 25.1 Å². The van der Waals surface area contributed by atoms with E-state index in [9.17, 15) is 13.2 Å². The highest BCUT2D eigenvalue weighted by molar-refractivity contribution is 7.90. The average Bonchev–Trinajstić information content (AvgIpc) is 3.15. The molecule has 0 bridgehead atoms. The lowest BCUT2D eigenvalue weighted by atomic mass is 10.1. The molecule has 2 aromatic heterocycles. The summed E-state index contributed by atoms with van der Waals surface area (Å²) >= 11 is 0. The minimum atomic E-state index is -3.26. The molecule has 1 saturated heterocycles. The lowest BCUT2D eigenvalue weighted by Gasteiger charge is -2.30. The van der Waals surface area contributed by atoms with E-state index < -0.39 is 9.84 Å². The van der Waals surface area contributed by atoms with Crippen LogP contribution in [0.2, 0.25) is 0 Å². The van der Waals surface area contributed by atoms with Crippen molar-refractivity contribution in [1.29, 1.82) is 0 Å². The molecule has 1 amide bonds. The lowest BCUT2D eigenvalue weighted by Crippen LogP contribution is -2.42. The summed E-state index contributed by atoms with van der Waals surface area (Å²) in [7, 11) is -3.26. The number of aromatic amines is 1. The Morgan fingerprint density at radius 3 is 2.69 bits per heavy atom. The lowest BCUT2D eigenvalue weighted by molar-refractivity contribution is 0.0652. The number of carbonyl (C=O) groups is 1. The Balaban J connectivity index is 1.46. The van der Waals surface area contributed by atoms with Crippen LogP contribution in [0.15, 0.2) is 53.7 Å². The normalized spacial score (nSPS) is 13.8. The number of rotatable bonds is 6. The summed E-state index contributed by atoms with van der Waals surface area (Å²) in [6.07, 6.45) is 5.29. The standard InChI is InChI=1S/C20H20N4O4S/c1-29(26,27)16-5-2-4-14(10-16)13-28-15-6-7-18(21-11-15)19-17(12-22-23-19)20(25)24-8-3-9-24/h2,4-7,10-12H,3,8-9,13H2,1H3,(H,22,23). The summed E-state index contributed by atoms with van der Waals surface area (Å²) in [6, 6.07) is 10.1. The Hall–Kier alpha value is -3.20.